The van der Waals surface area contributed by atoms with Crippen LogP contribution in [0, 0.1) is 11.8 Å². The molecule has 2 bridgehead atoms. The van der Waals surface area contributed by atoms with E-state index in [-0.39, 0.29) is 0 Å². The van der Waals surface area contributed by atoms with E-state index in [1.54, 1.807) is 0 Å². The van der Waals surface area contributed by atoms with E-state index in [2.05, 4.69) is 43.0 Å². The van der Waals surface area contributed by atoms with E-state index >= 15 is 0 Å². The first-order valence-corrected chi connectivity index (χ1v) is 3.60. The summed E-state index contributed by atoms with van der Waals surface area (Å²) in [7, 11) is 0. The summed E-state index contributed by atoms with van der Waals surface area (Å²) in [6.07, 6.45) is 13.0. The summed E-state index contributed by atoms with van der Waals surface area (Å²) in [6.45, 7) is 4.03. The molecule has 0 N–H and O–H groups in total. The van der Waals surface area contributed by atoms with E-state index in [1.165, 1.54) is 5.57 Å². The van der Waals surface area contributed by atoms with Gasteiger partial charge in [-0.1, -0.05) is 48.6 Å². The molecule has 0 amide bonds. The predicted octanol–water partition coefficient (Wildman–Crippen LogP) is 2.47. The molecule has 0 saturated carbocycles. The Morgan fingerprint density at radius 2 is 1.40 bits per heavy atom. The number of allylic oxidation sites excluding steroid dienone is 7. The maximum atomic E-state index is 4.03. The molecule has 0 spiro atoms. The van der Waals surface area contributed by atoms with Crippen LogP contribution in [0.4, 0.5) is 0 Å². The molecule has 50 valence electrons. The molecule has 0 aromatic carbocycles. The van der Waals surface area contributed by atoms with Gasteiger partial charge in [0.05, 0.1) is 0 Å². The normalized spacial score (nSPS) is 35.0. The average Bonchev–Trinajstić information content (AvgIpc) is 2.06. The minimum atomic E-state index is 0.500. The van der Waals surface area contributed by atoms with Gasteiger partial charge in [0.15, 0.2) is 0 Å². The Kier molecular flexibility index (Phi) is 1.13. The molecule has 0 radical (unpaired) electrons. The largest absolute Gasteiger partial charge is 0.0980 e. The minimum absolute atomic E-state index is 0.500. The van der Waals surface area contributed by atoms with Gasteiger partial charge in [-0.3, -0.25) is 0 Å². The van der Waals surface area contributed by atoms with Crippen LogP contribution < -0.4 is 0 Å². The second-order valence-electron chi connectivity index (χ2n) is 2.78. The van der Waals surface area contributed by atoms with E-state index in [1.807, 2.05) is 0 Å². The molecule has 2 aliphatic carbocycles. The molecule has 0 aliphatic heterocycles. The molecule has 2 rings (SSSR count). The Bertz CT molecular complexity index is 217. The molecule has 0 aromatic heterocycles. The quantitative estimate of drug-likeness (QED) is 0.442. The molecule has 2 unspecified atom stereocenters. The Hall–Kier alpha value is -1.04. The van der Waals surface area contributed by atoms with Gasteiger partial charge in [0.2, 0.25) is 0 Å². The lowest BCUT2D eigenvalue weighted by atomic mass is 9.99. The molecule has 0 nitrogen and oxygen atoms in total. The van der Waals surface area contributed by atoms with Crippen molar-refractivity contribution in [2.75, 3.05) is 0 Å². The highest BCUT2D eigenvalue weighted by atomic mass is 14.2. The van der Waals surface area contributed by atoms with Gasteiger partial charge >= 0.3 is 0 Å². The van der Waals surface area contributed by atoms with Gasteiger partial charge in [-0.05, 0) is 0 Å². The Balaban J connectivity index is 2.44. The number of hydrogen-bond acceptors (Lipinski definition) is 0. The van der Waals surface area contributed by atoms with Crippen LogP contribution in [0.5, 0.6) is 0 Å². The summed E-state index contributed by atoms with van der Waals surface area (Å²) >= 11 is 0. The molecular weight excluding hydrogens is 120 g/mol. The van der Waals surface area contributed by atoms with Crippen molar-refractivity contribution >= 4 is 0 Å². The summed E-state index contributed by atoms with van der Waals surface area (Å²) in [5.74, 6) is 1.000. The van der Waals surface area contributed by atoms with Crippen molar-refractivity contribution in [2.45, 2.75) is 0 Å². The average molecular weight is 130 g/mol. The second-order valence-corrected chi connectivity index (χ2v) is 2.78. The van der Waals surface area contributed by atoms with E-state index in [0.717, 1.165) is 0 Å². The first-order valence-electron chi connectivity index (χ1n) is 3.60. The van der Waals surface area contributed by atoms with Gasteiger partial charge in [0.1, 0.15) is 0 Å². The monoisotopic (exact) mass is 130 g/mol. The van der Waals surface area contributed by atoms with Crippen LogP contribution >= 0.6 is 0 Å². The molecule has 0 aromatic rings. The van der Waals surface area contributed by atoms with Gasteiger partial charge in [-0.2, -0.15) is 0 Å². The van der Waals surface area contributed by atoms with Crippen molar-refractivity contribution in [3.63, 3.8) is 0 Å². The lowest BCUT2D eigenvalue weighted by molar-refractivity contribution is 0.902. The zero-order valence-electron chi connectivity index (χ0n) is 5.83. The van der Waals surface area contributed by atoms with E-state index in [4.69, 9.17) is 0 Å². The second kappa shape index (κ2) is 1.98. The lowest BCUT2D eigenvalue weighted by Crippen LogP contribution is -1.94. The van der Waals surface area contributed by atoms with Crippen molar-refractivity contribution in [1.82, 2.24) is 0 Å². The Morgan fingerprint density at radius 1 is 0.900 bits per heavy atom. The van der Waals surface area contributed by atoms with Crippen molar-refractivity contribution in [1.29, 1.82) is 0 Å². The maximum absolute atomic E-state index is 4.03. The highest BCUT2D eigenvalue weighted by Gasteiger charge is 2.19. The molecule has 2 atom stereocenters. The molecule has 0 heterocycles. The minimum Gasteiger partial charge on any atom is -0.0980 e. The number of hydrogen-bond donors (Lipinski definition) is 0. The zero-order valence-corrected chi connectivity index (χ0v) is 5.83. The summed E-state index contributed by atoms with van der Waals surface area (Å²) in [6, 6.07) is 0. The van der Waals surface area contributed by atoms with Crippen LogP contribution in [0.3, 0.4) is 0 Å². The highest BCUT2D eigenvalue weighted by Crippen LogP contribution is 2.32. The summed E-state index contributed by atoms with van der Waals surface area (Å²) in [5, 5.41) is 0. The fourth-order valence-corrected chi connectivity index (χ4v) is 1.45. The van der Waals surface area contributed by atoms with Crippen molar-refractivity contribution in [3.05, 3.63) is 48.6 Å². The molecular formula is C10H10. The first kappa shape index (κ1) is 5.72. The third-order valence-electron chi connectivity index (χ3n) is 2.13. The van der Waals surface area contributed by atoms with Crippen molar-refractivity contribution in [3.8, 4) is 0 Å². The van der Waals surface area contributed by atoms with E-state index in [9.17, 15) is 0 Å². The maximum Gasteiger partial charge on any atom is 0.0167 e. The molecule has 10 heavy (non-hydrogen) atoms. The number of rotatable bonds is 0. The lowest BCUT2D eigenvalue weighted by Gasteiger charge is -2.05. The van der Waals surface area contributed by atoms with Crippen LogP contribution in [0.25, 0.3) is 0 Å². The van der Waals surface area contributed by atoms with Crippen LogP contribution in [-0.2, 0) is 0 Å². The Labute approximate surface area is 61.3 Å². The van der Waals surface area contributed by atoms with Crippen LogP contribution in [0.1, 0.15) is 0 Å². The van der Waals surface area contributed by atoms with Gasteiger partial charge in [-0.15, -0.1) is 0 Å². The zero-order chi connectivity index (χ0) is 6.97. The van der Waals surface area contributed by atoms with Crippen LogP contribution in [0.2, 0.25) is 0 Å². The van der Waals surface area contributed by atoms with Crippen molar-refractivity contribution < 1.29 is 0 Å². The summed E-state index contributed by atoms with van der Waals surface area (Å²) < 4.78 is 0. The van der Waals surface area contributed by atoms with Gasteiger partial charge < -0.3 is 0 Å². The fourth-order valence-electron chi connectivity index (χ4n) is 1.45. The third kappa shape index (κ3) is 0.688. The summed E-state index contributed by atoms with van der Waals surface area (Å²) in [4.78, 5) is 0. The van der Waals surface area contributed by atoms with Crippen LogP contribution in [-0.4, -0.2) is 0 Å². The smallest absolute Gasteiger partial charge is 0.0167 e. The SMILES string of the molecule is C=C1C2C=CC=CC1C=C2. The van der Waals surface area contributed by atoms with Gasteiger partial charge in [0.25, 0.3) is 0 Å². The Morgan fingerprint density at radius 3 is 1.90 bits per heavy atom. The van der Waals surface area contributed by atoms with Crippen LogP contribution in [0.15, 0.2) is 48.6 Å². The topological polar surface area (TPSA) is 0 Å². The molecule has 2 aliphatic rings. The highest BCUT2D eigenvalue weighted by molar-refractivity contribution is 5.37. The predicted molar refractivity (Wildman–Crippen MR) is 43.5 cm³/mol. The molecule has 0 fully saturated rings. The molecule has 0 saturated heterocycles. The van der Waals surface area contributed by atoms with E-state index < -0.39 is 0 Å². The third-order valence-corrected chi connectivity index (χ3v) is 2.13. The standard InChI is InChI=1S/C10H10/c1-8-9-4-2-3-5-10(8)7-6-9/h2-7,9-10H,1H2. The molecule has 0 heteroatoms. The first-order chi connectivity index (χ1) is 4.88. The van der Waals surface area contributed by atoms with Gasteiger partial charge in [-0.25, -0.2) is 0 Å². The van der Waals surface area contributed by atoms with Crippen molar-refractivity contribution in [2.24, 2.45) is 11.8 Å². The number of fused-ring (bicyclic) bond motifs is 2. The summed E-state index contributed by atoms with van der Waals surface area (Å²) in [5.41, 5.74) is 1.31. The fraction of sp³-hybridized carbons (Fsp3) is 0.200. The van der Waals surface area contributed by atoms with Gasteiger partial charge in [0, 0.05) is 11.8 Å². The van der Waals surface area contributed by atoms with E-state index in [0.29, 0.717) is 11.8 Å².